The summed E-state index contributed by atoms with van der Waals surface area (Å²) in [4.78, 5) is 58.0. The van der Waals surface area contributed by atoms with Crippen LogP contribution in [0.3, 0.4) is 0 Å². The summed E-state index contributed by atoms with van der Waals surface area (Å²) in [7, 11) is 3.30. The number of piperidine rings is 2. The second-order valence-corrected chi connectivity index (χ2v) is 18.9. The monoisotopic (exact) mass is 830 g/mol. The van der Waals surface area contributed by atoms with Gasteiger partial charge in [-0.1, -0.05) is 18.2 Å². The third-order valence-electron chi connectivity index (χ3n) is 14.3. The minimum absolute atomic E-state index is 0.212. The lowest BCUT2D eigenvalue weighted by Crippen LogP contribution is -2.48. The van der Waals surface area contributed by atoms with Gasteiger partial charge >= 0.3 is 5.69 Å². The van der Waals surface area contributed by atoms with E-state index in [1.807, 2.05) is 24.3 Å². The Morgan fingerprint density at radius 2 is 1.75 bits per heavy atom. The van der Waals surface area contributed by atoms with Crippen molar-refractivity contribution in [1.82, 2.24) is 34.1 Å². The lowest BCUT2D eigenvalue weighted by atomic mass is 9.56. The molecule has 14 nitrogen and oxygen atoms in total. The Morgan fingerprint density at radius 1 is 1.00 bits per heavy atom. The molecule has 14 heteroatoms. The lowest BCUT2D eigenvalue weighted by Gasteiger charge is -2.53. The number of para-hydroxylation sites is 1. The highest BCUT2D eigenvalue weighted by Crippen LogP contribution is 2.54. The summed E-state index contributed by atoms with van der Waals surface area (Å²) in [5.74, 6) is 0.662. The molecule has 2 aromatic carbocycles. The Bertz CT molecular complexity index is 2540. The molecule has 3 N–H and O–H groups in total. The normalized spacial score (nSPS) is 22.4. The molecule has 322 valence electrons. The van der Waals surface area contributed by atoms with Crippen molar-refractivity contribution < 1.29 is 24.2 Å². The molecule has 9 rings (SSSR count). The molecule has 0 bridgehead atoms. The van der Waals surface area contributed by atoms with Crippen LogP contribution in [-0.2, 0) is 28.7 Å². The number of hydrogen-bond acceptors (Lipinski definition) is 9. The van der Waals surface area contributed by atoms with Gasteiger partial charge < -0.3 is 20.1 Å². The highest BCUT2D eigenvalue weighted by molar-refractivity contribution is 6.04. The van der Waals surface area contributed by atoms with Gasteiger partial charge in [-0.05, 0) is 145 Å². The van der Waals surface area contributed by atoms with Crippen LogP contribution in [0.4, 0.5) is 5.69 Å². The predicted molar refractivity (Wildman–Crippen MR) is 232 cm³/mol. The number of aryl methyl sites for hydroxylation is 2. The third-order valence-corrected chi connectivity index (χ3v) is 14.3. The smallest absolute Gasteiger partial charge is 0.329 e. The summed E-state index contributed by atoms with van der Waals surface area (Å²) in [6, 6.07) is 14.5. The first-order valence-corrected chi connectivity index (χ1v) is 22.1. The zero-order chi connectivity index (χ0) is 42.6. The van der Waals surface area contributed by atoms with Crippen LogP contribution < -0.4 is 21.1 Å². The zero-order valence-corrected chi connectivity index (χ0v) is 35.8. The first kappa shape index (κ1) is 41.0. The quantitative estimate of drug-likeness (QED) is 0.128. The van der Waals surface area contributed by atoms with Crippen molar-refractivity contribution in [1.29, 1.82) is 0 Å². The van der Waals surface area contributed by atoms with Gasteiger partial charge in [0.2, 0.25) is 17.7 Å². The van der Waals surface area contributed by atoms with Crippen molar-refractivity contribution in [3.63, 3.8) is 0 Å². The number of hydrogen-bond donors (Lipinski definition) is 3. The number of fused-ring (bicyclic) bond motifs is 2. The largest absolute Gasteiger partial charge is 0.481 e. The molecule has 2 aliphatic heterocycles. The number of amides is 3. The van der Waals surface area contributed by atoms with Crippen LogP contribution in [0, 0.1) is 17.3 Å². The average molecular weight is 831 g/mol. The first-order valence-electron chi connectivity index (χ1n) is 22.1. The fraction of sp³-hybridized carbons (Fsp3) is 0.532. The molecule has 5 aromatic rings. The molecule has 61 heavy (non-hydrogen) atoms. The van der Waals surface area contributed by atoms with Crippen LogP contribution in [-0.4, -0.2) is 78.4 Å². The molecule has 3 aromatic heterocycles. The number of rotatable bonds is 11. The van der Waals surface area contributed by atoms with Crippen LogP contribution in [0.25, 0.3) is 21.9 Å². The number of imidazole rings is 1. The fourth-order valence-electron chi connectivity index (χ4n) is 11.0. The Morgan fingerprint density at radius 3 is 2.48 bits per heavy atom. The summed E-state index contributed by atoms with van der Waals surface area (Å²) >= 11 is 0. The van der Waals surface area contributed by atoms with E-state index in [4.69, 9.17) is 9.84 Å². The second kappa shape index (κ2) is 16.2. The van der Waals surface area contributed by atoms with E-state index in [1.165, 1.54) is 58.7 Å². The van der Waals surface area contributed by atoms with Crippen molar-refractivity contribution >= 4 is 45.3 Å². The molecule has 5 heterocycles. The van der Waals surface area contributed by atoms with Crippen LogP contribution in [0.5, 0.6) is 5.88 Å². The fourth-order valence-corrected chi connectivity index (χ4v) is 11.0. The van der Waals surface area contributed by atoms with Crippen LogP contribution in [0.2, 0.25) is 0 Å². The number of anilines is 1. The molecule has 2 saturated heterocycles. The molecule has 4 aliphatic rings. The summed E-state index contributed by atoms with van der Waals surface area (Å²) in [6.07, 6.45) is 14.2. The van der Waals surface area contributed by atoms with E-state index in [0.29, 0.717) is 46.8 Å². The number of aliphatic hydroxyl groups is 1. The highest BCUT2D eigenvalue weighted by atomic mass is 16.5. The first-order chi connectivity index (χ1) is 29.3. The van der Waals surface area contributed by atoms with Gasteiger partial charge in [-0.2, -0.15) is 5.10 Å². The van der Waals surface area contributed by atoms with Crippen molar-refractivity contribution in [2.24, 2.45) is 24.3 Å². The Balaban J connectivity index is 0.756. The number of methoxy groups -OCH3 is 1. The van der Waals surface area contributed by atoms with Gasteiger partial charge in [0.25, 0.3) is 5.91 Å². The highest BCUT2D eigenvalue weighted by Gasteiger charge is 2.45. The van der Waals surface area contributed by atoms with Gasteiger partial charge in [0.1, 0.15) is 11.7 Å². The number of ether oxygens (including phenoxy) is 1. The zero-order valence-electron chi connectivity index (χ0n) is 35.8. The van der Waals surface area contributed by atoms with Crippen molar-refractivity contribution in [3.05, 3.63) is 82.0 Å². The molecule has 3 amide bonds. The number of likely N-dealkylation sites (tertiary alicyclic amines) is 1. The average Bonchev–Trinajstić information content (AvgIpc) is 3.77. The maximum atomic E-state index is 13.4. The number of nitrogens with one attached hydrogen (secondary N) is 2. The minimum atomic E-state index is -1.20. The van der Waals surface area contributed by atoms with E-state index in [2.05, 4.69) is 37.5 Å². The molecule has 4 fully saturated rings. The number of benzene rings is 2. The van der Waals surface area contributed by atoms with E-state index in [0.717, 1.165) is 59.7 Å². The van der Waals surface area contributed by atoms with Crippen LogP contribution >= 0.6 is 0 Å². The number of aromatic nitrogens is 5. The van der Waals surface area contributed by atoms with Crippen LogP contribution in [0.15, 0.2) is 59.5 Å². The number of pyridine rings is 1. The standard InChI is InChI=1S/C47H58N8O6/c1-46(2,60)34-24-36-32(23-37(34)49-43(57)35-8-6-10-41(48-35)61-4)28-54(51-36)33-15-12-29(13-16-33)27-53-21-19-47(20-22-53)25-30(26-47)11-14-31-7-5-9-38-42(31)52(3)45(59)55(38)39-17-18-40(56)50-44(39)58/h5-10,23-24,28-30,33,39,60H,11-22,25-27H2,1-4H3,(H,49,57)(H,50,56,58). The molecule has 1 atom stereocenters. The van der Waals surface area contributed by atoms with Crippen LogP contribution in [0.1, 0.15) is 118 Å². The van der Waals surface area contributed by atoms with Crippen molar-refractivity contribution in [3.8, 4) is 5.88 Å². The van der Waals surface area contributed by atoms with Gasteiger partial charge in [-0.15, -0.1) is 0 Å². The maximum absolute atomic E-state index is 13.4. The van der Waals surface area contributed by atoms with Gasteiger partial charge in [0.05, 0.1) is 35.3 Å². The molecular formula is C47H58N8O6. The SMILES string of the molecule is COc1cccc(C(=O)Nc2cc3cn(C4CCC(CN5CCC6(CC5)CC(CCc5cccc7c5n(C)c(=O)n7C5CCC(=O)NC5=O)C6)CC4)nc3cc2C(C)(C)O)n1. The molecule has 1 spiro atoms. The van der Waals surface area contributed by atoms with Gasteiger partial charge in [-0.25, -0.2) is 9.78 Å². The Hall–Kier alpha value is -5.34. The van der Waals surface area contributed by atoms with Gasteiger partial charge in [0, 0.05) is 48.9 Å². The lowest BCUT2D eigenvalue weighted by molar-refractivity contribution is -0.135. The Labute approximate surface area is 355 Å². The van der Waals surface area contributed by atoms with Gasteiger partial charge in [0.15, 0.2) is 0 Å². The summed E-state index contributed by atoms with van der Waals surface area (Å²) in [6.45, 7) is 6.92. The van der Waals surface area contributed by atoms with Gasteiger partial charge in [-0.3, -0.25) is 33.5 Å². The number of nitrogens with zero attached hydrogens (tertiary/aromatic N) is 6. The second-order valence-electron chi connectivity index (χ2n) is 18.9. The molecular weight excluding hydrogens is 773 g/mol. The summed E-state index contributed by atoms with van der Waals surface area (Å²) in [5, 5.41) is 22.3. The van der Waals surface area contributed by atoms with E-state index in [1.54, 1.807) is 48.2 Å². The molecule has 2 aliphatic carbocycles. The minimum Gasteiger partial charge on any atom is -0.481 e. The Kier molecular flexibility index (Phi) is 10.9. The van der Waals surface area contributed by atoms with E-state index in [-0.39, 0.29) is 29.6 Å². The van der Waals surface area contributed by atoms with E-state index < -0.39 is 17.6 Å². The number of imide groups is 1. The van der Waals surface area contributed by atoms with E-state index >= 15 is 0 Å². The van der Waals surface area contributed by atoms with Crippen molar-refractivity contribution in [2.75, 3.05) is 32.1 Å². The summed E-state index contributed by atoms with van der Waals surface area (Å²) < 4.78 is 10.6. The topological polar surface area (TPSA) is 166 Å². The number of carbonyl (C=O) groups is 3. The maximum Gasteiger partial charge on any atom is 0.329 e. The molecule has 1 unspecified atom stereocenters. The van der Waals surface area contributed by atoms with E-state index in [9.17, 15) is 24.3 Å². The molecule has 2 saturated carbocycles. The third kappa shape index (κ3) is 8.12. The predicted octanol–water partition coefficient (Wildman–Crippen LogP) is 6.41. The summed E-state index contributed by atoms with van der Waals surface area (Å²) in [5.41, 5.74) is 4.01. The number of carbonyl (C=O) groups excluding carboxylic acids is 3. The molecule has 0 radical (unpaired) electrons. The van der Waals surface area contributed by atoms with Crippen molar-refractivity contribution in [2.45, 2.75) is 109 Å².